The number of aliphatic carboxylic acids is 1. The molecule has 38 N–H and O–H groups in total. The highest BCUT2D eigenvalue weighted by Crippen LogP contribution is 2.12. The van der Waals surface area contributed by atoms with Gasteiger partial charge in [0.25, 0.3) is 0 Å². The zero-order chi connectivity index (χ0) is 69.8. The van der Waals surface area contributed by atoms with Crippen LogP contribution in [0.25, 0.3) is 0 Å². The minimum Gasteiger partial charge on any atom is -0.480 e. The number of guanidine groups is 5. The van der Waals surface area contributed by atoms with E-state index in [0.29, 0.717) is 37.8 Å². The summed E-state index contributed by atoms with van der Waals surface area (Å²) in [5, 5.41) is 30.7. The number of primary amides is 1. The van der Waals surface area contributed by atoms with Gasteiger partial charge in [-0.25, -0.2) is 9.78 Å². The maximum Gasteiger partial charge on any atom is 0.326 e. The van der Waals surface area contributed by atoms with E-state index >= 15 is 0 Å². The fourth-order valence-corrected chi connectivity index (χ4v) is 8.82. The molecule has 1 rings (SSSR count). The molecule has 0 unspecified atom stereocenters. The van der Waals surface area contributed by atoms with Crippen molar-refractivity contribution in [1.82, 2.24) is 52.5 Å². The molecule has 1 aromatic rings. The maximum atomic E-state index is 14.6. The van der Waals surface area contributed by atoms with Gasteiger partial charge in [-0.15, -0.1) is 0 Å². The quantitative estimate of drug-likeness (QED) is 0.0164. The third-order valence-corrected chi connectivity index (χ3v) is 13.7. The SMILES string of the molecule is NCCCC[C@H](NC(=O)[C@H](N)CCCN=C(N)N)C(=O)N[C@@H](CCCCN)C(=O)N[C@@H](CCCN=C(N)N)C(=O)N[C@H](CCCN=C(N)N)C(=O)N[C@@H](CCC(N)=O)C(=O)N[C@@H](CCCN=C(N)N)C(=O)N[C@@H](Cc1cnc[nH]1)C(=O)N[C@H](CCCN=C(N)N)C(=O)O. The lowest BCUT2D eigenvalue weighted by Gasteiger charge is -2.28. The van der Waals surface area contributed by atoms with Gasteiger partial charge in [-0.3, -0.25) is 68.1 Å². The van der Waals surface area contributed by atoms with Crippen molar-refractivity contribution in [3.05, 3.63) is 18.2 Å². The number of carboxylic acids is 1. The van der Waals surface area contributed by atoms with Crippen molar-refractivity contribution in [3.63, 3.8) is 0 Å². The summed E-state index contributed by atoms with van der Waals surface area (Å²) >= 11 is 0. The van der Waals surface area contributed by atoms with Crippen LogP contribution in [0.15, 0.2) is 37.5 Å². The fourth-order valence-electron chi connectivity index (χ4n) is 8.82. The van der Waals surface area contributed by atoms with Gasteiger partial charge < -0.3 is 133 Å². The van der Waals surface area contributed by atoms with E-state index < -0.39 is 126 Å². The van der Waals surface area contributed by atoms with E-state index in [2.05, 4.69) is 77.5 Å². The molecular formula is C53H101N29O11. The van der Waals surface area contributed by atoms with Crippen LogP contribution in [0.3, 0.4) is 0 Å². The summed E-state index contributed by atoms with van der Waals surface area (Å²) in [6.07, 6.45) is 3.20. The Morgan fingerprint density at radius 3 is 0.968 bits per heavy atom. The largest absolute Gasteiger partial charge is 0.480 e. The molecule has 0 bridgehead atoms. The predicted octanol–water partition coefficient (Wildman–Crippen LogP) is -9.97. The molecule has 9 amide bonds. The Morgan fingerprint density at radius 2 is 0.667 bits per heavy atom. The van der Waals surface area contributed by atoms with Crippen LogP contribution in [-0.2, 0) is 54.4 Å². The Hall–Kier alpha value is -9.86. The first-order valence-electron chi connectivity index (χ1n) is 30.4. The Morgan fingerprint density at radius 1 is 0.387 bits per heavy atom. The van der Waals surface area contributed by atoms with Crippen LogP contribution in [0.1, 0.15) is 121 Å². The first-order chi connectivity index (χ1) is 44.1. The molecule has 1 heterocycles. The number of carbonyl (C=O) groups is 10. The zero-order valence-corrected chi connectivity index (χ0v) is 52.5. The average molecular weight is 1320 g/mol. The molecule has 0 aliphatic rings. The summed E-state index contributed by atoms with van der Waals surface area (Å²) in [7, 11) is 0. The summed E-state index contributed by atoms with van der Waals surface area (Å²) in [5.74, 6) is -10.8. The molecule has 0 saturated carbocycles. The summed E-state index contributed by atoms with van der Waals surface area (Å²) in [5.41, 5.74) is 78.5. The van der Waals surface area contributed by atoms with Crippen LogP contribution in [0.5, 0.6) is 0 Å². The first-order valence-corrected chi connectivity index (χ1v) is 30.4. The van der Waals surface area contributed by atoms with Crippen molar-refractivity contribution >= 4 is 88.9 Å². The Bertz CT molecular complexity index is 2660. The van der Waals surface area contributed by atoms with Crippen molar-refractivity contribution in [2.75, 3.05) is 45.8 Å². The molecule has 93 heavy (non-hydrogen) atoms. The highest BCUT2D eigenvalue weighted by atomic mass is 16.4. The molecule has 0 radical (unpaired) electrons. The van der Waals surface area contributed by atoms with Crippen LogP contribution >= 0.6 is 0 Å². The molecule has 0 fully saturated rings. The Kier molecular flexibility index (Phi) is 40.4. The highest BCUT2D eigenvalue weighted by Gasteiger charge is 2.35. The Labute approximate surface area is 538 Å². The molecule has 524 valence electrons. The summed E-state index contributed by atoms with van der Waals surface area (Å²) in [4.78, 5) is 165. The number of unbranched alkanes of at least 4 members (excludes halogenated alkanes) is 2. The lowest BCUT2D eigenvalue weighted by molar-refractivity contribution is -0.142. The van der Waals surface area contributed by atoms with E-state index in [9.17, 15) is 53.1 Å². The number of H-pyrrole nitrogens is 1. The minimum absolute atomic E-state index is 0.00616. The van der Waals surface area contributed by atoms with Crippen LogP contribution < -0.4 is 123 Å². The van der Waals surface area contributed by atoms with Gasteiger partial charge >= 0.3 is 5.97 Å². The normalized spacial score (nSPS) is 13.7. The van der Waals surface area contributed by atoms with E-state index in [4.69, 9.17) is 80.3 Å². The van der Waals surface area contributed by atoms with Crippen LogP contribution in [0, 0.1) is 0 Å². The second-order valence-corrected chi connectivity index (χ2v) is 21.5. The number of amides is 9. The number of carbonyl (C=O) groups excluding carboxylic acids is 9. The van der Waals surface area contributed by atoms with Gasteiger partial charge in [0.15, 0.2) is 29.8 Å². The fraction of sp³-hybridized carbons (Fsp3) is 0.660. The third-order valence-electron chi connectivity index (χ3n) is 13.7. The maximum absolute atomic E-state index is 14.6. The van der Waals surface area contributed by atoms with Gasteiger partial charge in [0.1, 0.15) is 48.3 Å². The molecule has 0 aliphatic heterocycles. The molecule has 9 atom stereocenters. The molecule has 0 aromatic carbocycles. The van der Waals surface area contributed by atoms with E-state index in [1.54, 1.807) is 0 Å². The van der Waals surface area contributed by atoms with Gasteiger partial charge in [-0.05, 0) is 122 Å². The number of hydrogen-bond acceptors (Lipinski definition) is 19. The molecule has 0 spiro atoms. The number of aliphatic imine (C=N–C) groups is 5. The number of aromatic amines is 1. The van der Waals surface area contributed by atoms with Gasteiger partial charge in [-0.1, -0.05) is 0 Å². The van der Waals surface area contributed by atoms with Gasteiger partial charge in [0.2, 0.25) is 53.2 Å². The second kappa shape index (κ2) is 46.2. The summed E-state index contributed by atoms with van der Waals surface area (Å²) < 4.78 is 0. The monoisotopic (exact) mass is 1320 g/mol. The number of imidazole rings is 1. The third kappa shape index (κ3) is 37.2. The summed E-state index contributed by atoms with van der Waals surface area (Å²) in [6.45, 7) is 0.599. The van der Waals surface area contributed by atoms with Crippen molar-refractivity contribution in [2.24, 2.45) is 105 Å². The number of carboxylic acid groups (broad SMARTS) is 1. The minimum atomic E-state index is -1.68. The number of aromatic nitrogens is 2. The molecular weight excluding hydrogens is 1220 g/mol. The lowest BCUT2D eigenvalue weighted by atomic mass is 10.0. The number of nitrogens with one attached hydrogen (secondary N) is 9. The Balaban J connectivity index is 3.81. The smallest absolute Gasteiger partial charge is 0.326 e. The number of nitrogens with zero attached hydrogens (tertiary/aromatic N) is 6. The van der Waals surface area contributed by atoms with Crippen LogP contribution in [-0.4, -0.2) is 204 Å². The standard InChI is InChI=1S/C53H101N29O11/c54-19-3-1-11-31(75-40(84)30(56)10-5-21-69-49(58)59)41(85)76-32(12-2-4-20-55)42(86)77-33(13-6-22-70-50(60)61)43(87)78-34(14-7-23-71-51(62)63)44(88)80-36(17-18-39(57)83)46(90)79-35(15-8-24-72-52(64)65)45(89)82-38(26-29-27-68-28-74-29)47(91)81-37(48(92)93)16-9-25-73-53(66)67/h27-28,30-38H,1-26,54-56H2,(H2,57,83)(H,68,74)(H,75,84)(H,76,85)(H,77,86)(H,78,87)(H,79,90)(H,80,88)(H,81,91)(H,82,89)(H,92,93)(H4,58,59,69)(H4,60,61,70)(H4,62,63,71)(H4,64,65,72)(H4,66,67,73)/t30-,31+,32+,33+,34-,35+,36+,37-,38+/m1/s1. The highest BCUT2D eigenvalue weighted by molar-refractivity contribution is 5.98. The van der Waals surface area contributed by atoms with Gasteiger partial charge in [0.05, 0.1) is 12.4 Å². The first kappa shape index (κ1) is 81.2. The second-order valence-electron chi connectivity index (χ2n) is 21.5. The van der Waals surface area contributed by atoms with Crippen LogP contribution in [0.2, 0.25) is 0 Å². The van der Waals surface area contributed by atoms with E-state index in [-0.39, 0.29) is 153 Å². The number of hydrogen-bond donors (Lipinski definition) is 24. The van der Waals surface area contributed by atoms with Crippen molar-refractivity contribution < 1.29 is 53.1 Å². The average Bonchev–Trinajstić information content (AvgIpc) is 1.40. The van der Waals surface area contributed by atoms with E-state index in [0.717, 1.165) is 0 Å². The van der Waals surface area contributed by atoms with Crippen LogP contribution in [0.4, 0.5) is 0 Å². The van der Waals surface area contributed by atoms with Gasteiger partial charge in [-0.2, -0.15) is 0 Å². The van der Waals surface area contributed by atoms with E-state index in [1.165, 1.54) is 12.5 Å². The molecule has 1 aromatic heterocycles. The van der Waals surface area contributed by atoms with Gasteiger partial charge in [0, 0.05) is 57.5 Å². The molecule has 0 saturated heterocycles. The molecule has 0 aliphatic carbocycles. The van der Waals surface area contributed by atoms with Crippen molar-refractivity contribution in [1.29, 1.82) is 0 Å². The number of rotatable bonds is 50. The molecule has 40 nitrogen and oxygen atoms in total. The number of nitrogens with two attached hydrogens (primary N) is 14. The lowest BCUT2D eigenvalue weighted by Crippen LogP contribution is -2.60. The zero-order valence-electron chi connectivity index (χ0n) is 52.5. The van der Waals surface area contributed by atoms with Crippen molar-refractivity contribution in [2.45, 2.75) is 176 Å². The molecule has 40 heteroatoms. The summed E-state index contributed by atoms with van der Waals surface area (Å²) in [6, 6.07) is -12.8. The van der Waals surface area contributed by atoms with Crippen molar-refractivity contribution in [3.8, 4) is 0 Å². The predicted molar refractivity (Wildman–Crippen MR) is 347 cm³/mol. The van der Waals surface area contributed by atoms with E-state index in [1.807, 2.05) is 0 Å². The topological polar surface area (TPSA) is 742 Å².